The third-order valence-corrected chi connectivity index (χ3v) is 2.75. The van der Waals surface area contributed by atoms with Crippen LogP contribution in [0.2, 0.25) is 0 Å². The normalized spacial score (nSPS) is 10.2. The van der Waals surface area contributed by atoms with Crippen LogP contribution in [0.25, 0.3) is 0 Å². The van der Waals surface area contributed by atoms with Crippen molar-refractivity contribution in [1.82, 2.24) is 10.3 Å². The molecule has 3 N–H and O–H groups in total. The molecule has 1 rings (SSSR count). The minimum absolute atomic E-state index is 0.00690. The lowest BCUT2D eigenvalue weighted by Crippen LogP contribution is -2.37. The van der Waals surface area contributed by atoms with Crippen LogP contribution in [0.1, 0.15) is 24.5 Å². The molecule has 0 aromatic carbocycles. The van der Waals surface area contributed by atoms with Crippen molar-refractivity contribution < 1.29 is 4.79 Å². The lowest BCUT2D eigenvalue weighted by Gasteiger charge is -2.24. The number of pyridine rings is 1. The summed E-state index contributed by atoms with van der Waals surface area (Å²) in [6.45, 7) is 5.70. The molecule has 0 aliphatic rings. The van der Waals surface area contributed by atoms with E-state index >= 15 is 0 Å². The first-order chi connectivity index (χ1) is 8.62. The number of aromatic nitrogens is 1. The highest BCUT2D eigenvalue weighted by Crippen LogP contribution is 2.18. The van der Waals surface area contributed by atoms with E-state index in [0.29, 0.717) is 13.1 Å². The van der Waals surface area contributed by atoms with Crippen LogP contribution >= 0.6 is 0 Å². The van der Waals surface area contributed by atoms with Gasteiger partial charge in [-0.25, -0.2) is 4.98 Å². The molecule has 18 heavy (non-hydrogen) atoms. The maximum absolute atomic E-state index is 11.5. The van der Waals surface area contributed by atoms with Crippen LogP contribution in [0.3, 0.4) is 0 Å². The number of carbonyl (C=O) groups excluding carboxylic acids is 1. The second-order valence-corrected chi connectivity index (χ2v) is 4.28. The van der Waals surface area contributed by atoms with E-state index in [1.165, 1.54) is 0 Å². The zero-order valence-corrected chi connectivity index (χ0v) is 11.4. The average molecular weight is 250 g/mol. The summed E-state index contributed by atoms with van der Waals surface area (Å²) in [4.78, 5) is 17.9. The first kappa shape index (κ1) is 14.4. The average Bonchev–Trinajstić information content (AvgIpc) is 2.38. The Morgan fingerprint density at radius 2 is 2.28 bits per heavy atom. The first-order valence-corrected chi connectivity index (χ1v) is 6.23. The van der Waals surface area contributed by atoms with Crippen molar-refractivity contribution in [3.8, 4) is 0 Å². The molecule has 0 radical (unpaired) electrons. The zero-order valence-electron chi connectivity index (χ0n) is 11.4. The minimum Gasteiger partial charge on any atom is -0.358 e. The molecule has 0 atom stereocenters. The van der Waals surface area contributed by atoms with Gasteiger partial charge in [-0.05, 0) is 30.5 Å². The molecule has 0 bridgehead atoms. The SMILES string of the molecule is CCCN(CC(=O)NC)c1ncc(CN)cc1C. The lowest BCUT2D eigenvalue weighted by molar-refractivity contribution is -0.119. The number of likely N-dealkylation sites (N-methyl/N-ethyl adjacent to an activating group) is 1. The van der Waals surface area contributed by atoms with Crippen LogP contribution in [0.5, 0.6) is 0 Å². The first-order valence-electron chi connectivity index (χ1n) is 6.23. The number of rotatable bonds is 6. The molecule has 1 aromatic rings. The van der Waals surface area contributed by atoms with Crippen molar-refractivity contribution in [2.24, 2.45) is 5.73 Å². The fraction of sp³-hybridized carbons (Fsp3) is 0.538. The largest absolute Gasteiger partial charge is 0.358 e. The van der Waals surface area contributed by atoms with Crippen LogP contribution in [-0.2, 0) is 11.3 Å². The summed E-state index contributed by atoms with van der Waals surface area (Å²) in [5, 5.41) is 2.64. The van der Waals surface area contributed by atoms with Crippen molar-refractivity contribution >= 4 is 11.7 Å². The van der Waals surface area contributed by atoms with Crippen LogP contribution in [-0.4, -0.2) is 31.0 Å². The highest BCUT2D eigenvalue weighted by atomic mass is 16.1. The third-order valence-electron chi connectivity index (χ3n) is 2.75. The van der Waals surface area contributed by atoms with E-state index in [-0.39, 0.29) is 5.91 Å². The molecule has 0 unspecified atom stereocenters. The third kappa shape index (κ3) is 3.70. The summed E-state index contributed by atoms with van der Waals surface area (Å²) in [5.41, 5.74) is 7.65. The molecule has 1 amide bonds. The molecule has 100 valence electrons. The number of hydrogen-bond donors (Lipinski definition) is 2. The van der Waals surface area contributed by atoms with Gasteiger partial charge >= 0.3 is 0 Å². The van der Waals surface area contributed by atoms with Crippen LogP contribution in [0, 0.1) is 6.92 Å². The molecule has 1 aromatic heterocycles. The number of aryl methyl sites for hydroxylation is 1. The molecular formula is C13H22N4O. The number of anilines is 1. The van der Waals surface area contributed by atoms with Gasteiger partial charge in [0.05, 0.1) is 6.54 Å². The molecule has 1 heterocycles. The highest BCUT2D eigenvalue weighted by molar-refractivity contribution is 5.80. The summed E-state index contributed by atoms with van der Waals surface area (Å²) in [6.07, 6.45) is 2.74. The second kappa shape index (κ2) is 6.96. The van der Waals surface area contributed by atoms with Crippen molar-refractivity contribution in [1.29, 1.82) is 0 Å². The maximum Gasteiger partial charge on any atom is 0.239 e. The van der Waals surface area contributed by atoms with Gasteiger partial charge in [-0.3, -0.25) is 4.79 Å². The summed E-state index contributed by atoms with van der Waals surface area (Å²) in [6, 6.07) is 2.02. The Hall–Kier alpha value is -1.62. The van der Waals surface area contributed by atoms with Crippen LogP contribution in [0.4, 0.5) is 5.82 Å². The van der Waals surface area contributed by atoms with Gasteiger partial charge in [-0.2, -0.15) is 0 Å². The van der Waals surface area contributed by atoms with Crippen molar-refractivity contribution in [2.45, 2.75) is 26.8 Å². The predicted molar refractivity (Wildman–Crippen MR) is 73.4 cm³/mol. The fourth-order valence-corrected chi connectivity index (χ4v) is 1.85. The van der Waals surface area contributed by atoms with Gasteiger partial charge in [0, 0.05) is 26.3 Å². The number of amides is 1. The van der Waals surface area contributed by atoms with E-state index in [1.807, 2.05) is 17.9 Å². The Balaban J connectivity index is 2.94. The van der Waals surface area contributed by atoms with Gasteiger partial charge in [0.25, 0.3) is 0 Å². The smallest absolute Gasteiger partial charge is 0.239 e. The quantitative estimate of drug-likeness (QED) is 0.784. The Labute approximate surface area is 108 Å². The molecule has 0 aliphatic carbocycles. The van der Waals surface area contributed by atoms with Gasteiger partial charge in [0.15, 0.2) is 0 Å². The standard InChI is InChI=1S/C13H22N4O/c1-4-5-17(9-12(18)15-3)13-10(2)6-11(7-14)8-16-13/h6,8H,4-5,7,9,14H2,1-3H3,(H,15,18). The Morgan fingerprint density at radius 3 is 2.78 bits per heavy atom. The molecule has 5 heteroatoms. The van der Waals surface area contributed by atoms with E-state index < -0.39 is 0 Å². The number of nitrogens with two attached hydrogens (primary N) is 1. The fourth-order valence-electron chi connectivity index (χ4n) is 1.85. The minimum atomic E-state index is -0.00690. The number of hydrogen-bond acceptors (Lipinski definition) is 4. The van der Waals surface area contributed by atoms with E-state index in [1.54, 1.807) is 13.2 Å². The molecule has 0 fully saturated rings. The molecule has 0 saturated heterocycles. The molecule has 0 spiro atoms. The highest BCUT2D eigenvalue weighted by Gasteiger charge is 2.13. The van der Waals surface area contributed by atoms with Gasteiger partial charge in [0.1, 0.15) is 5.82 Å². The topological polar surface area (TPSA) is 71.2 Å². The van der Waals surface area contributed by atoms with Gasteiger partial charge < -0.3 is 16.0 Å². The number of nitrogens with one attached hydrogen (secondary N) is 1. The maximum atomic E-state index is 11.5. The zero-order chi connectivity index (χ0) is 13.5. The van der Waals surface area contributed by atoms with Crippen molar-refractivity contribution in [3.05, 3.63) is 23.4 Å². The summed E-state index contributed by atoms with van der Waals surface area (Å²) < 4.78 is 0. The monoisotopic (exact) mass is 250 g/mol. The van der Waals surface area contributed by atoms with E-state index in [0.717, 1.165) is 29.9 Å². The Bertz CT molecular complexity index is 406. The predicted octanol–water partition coefficient (Wildman–Crippen LogP) is 0.811. The van der Waals surface area contributed by atoms with Crippen LogP contribution < -0.4 is 16.0 Å². The Morgan fingerprint density at radius 1 is 1.56 bits per heavy atom. The summed E-state index contributed by atoms with van der Waals surface area (Å²) >= 11 is 0. The summed E-state index contributed by atoms with van der Waals surface area (Å²) in [7, 11) is 1.64. The van der Waals surface area contributed by atoms with E-state index in [4.69, 9.17) is 5.73 Å². The van der Waals surface area contributed by atoms with Gasteiger partial charge in [-0.1, -0.05) is 6.92 Å². The van der Waals surface area contributed by atoms with E-state index in [9.17, 15) is 4.79 Å². The molecule has 5 nitrogen and oxygen atoms in total. The van der Waals surface area contributed by atoms with Crippen molar-refractivity contribution in [2.75, 3.05) is 25.0 Å². The Kier molecular flexibility index (Phi) is 5.58. The van der Waals surface area contributed by atoms with Gasteiger partial charge in [-0.15, -0.1) is 0 Å². The number of carbonyl (C=O) groups is 1. The number of nitrogens with zero attached hydrogens (tertiary/aromatic N) is 2. The molecular weight excluding hydrogens is 228 g/mol. The molecule has 0 aliphatic heterocycles. The van der Waals surface area contributed by atoms with Gasteiger partial charge in [0.2, 0.25) is 5.91 Å². The van der Waals surface area contributed by atoms with E-state index in [2.05, 4.69) is 17.2 Å². The molecule has 0 saturated carbocycles. The summed E-state index contributed by atoms with van der Waals surface area (Å²) in [5.74, 6) is 0.852. The second-order valence-electron chi connectivity index (χ2n) is 4.28. The van der Waals surface area contributed by atoms with Crippen molar-refractivity contribution in [3.63, 3.8) is 0 Å². The lowest BCUT2D eigenvalue weighted by atomic mass is 10.2. The van der Waals surface area contributed by atoms with Crippen LogP contribution in [0.15, 0.2) is 12.3 Å².